The number of halogens is 3. The number of benzene rings is 2. The van der Waals surface area contributed by atoms with Gasteiger partial charge in [0, 0.05) is 5.56 Å². The van der Waals surface area contributed by atoms with Crippen molar-refractivity contribution in [3.63, 3.8) is 0 Å². The highest BCUT2D eigenvalue weighted by Gasteiger charge is 2.30. The Kier molecular flexibility index (Phi) is 7.91. The van der Waals surface area contributed by atoms with Crippen LogP contribution in [0.3, 0.4) is 0 Å². The maximum Gasteiger partial charge on any atom is 0.573 e. The standard InChI is InChI=1S/C21H17F3N4O3/c1-2-30-20(29)16(12-25)11-14-3-5-15(6-4-14)19(26)28-13-27-17-7-9-18(10-8-17)31-21(22,23)24/h3-11,13H,2H2,1H3,(H2,26,27,28)/b16-11+. The molecular formula is C21H17F3N4O3. The van der Waals surface area contributed by atoms with Gasteiger partial charge in [0.1, 0.15) is 29.6 Å². The Hall–Kier alpha value is -4.13. The highest BCUT2D eigenvalue weighted by Crippen LogP contribution is 2.24. The second-order valence-electron chi connectivity index (χ2n) is 5.81. The number of carbonyl (C=O) groups excluding carboxylic acids is 1. The number of nitrogens with zero attached hydrogens (tertiary/aromatic N) is 3. The predicted molar refractivity (Wildman–Crippen MR) is 109 cm³/mol. The molecule has 0 bridgehead atoms. The molecule has 0 aliphatic heterocycles. The number of hydrogen-bond acceptors (Lipinski definition) is 5. The summed E-state index contributed by atoms with van der Waals surface area (Å²) in [7, 11) is 0. The van der Waals surface area contributed by atoms with Gasteiger partial charge in [0.2, 0.25) is 0 Å². The van der Waals surface area contributed by atoms with E-state index in [-0.39, 0.29) is 23.8 Å². The van der Waals surface area contributed by atoms with Gasteiger partial charge in [0.25, 0.3) is 0 Å². The van der Waals surface area contributed by atoms with E-state index in [0.29, 0.717) is 16.8 Å². The van der Waals surface area contributed by atoms with Gasteiger partial charge in [-0.2, -0.15) is 5.26 Å². The van der Waals surface area contributed by atoms with Crippen LogP contribution >= 0.6 is 0 Å². The smallest absolute Gasteiger partial charge is 0.462 e. The summed E-state index contributed by atoms with van der Waals surface area (Å²) in [6, 6.07) is 13.3. The molecule has 0 aliphatic carbocycles. The quantitative estimate of drug-likeness (QED) is 0.234. The van der Waals surface area contributed by atoms with Crippen molar-refractivity contribution in [1.82, 2.24) is 0 Å². The van der Waals surface area contributed by atoms with E-state index in [9.17, 15) is 18.0 Å². The zero-order valence-corrected chi connectivity index (χ0v) is 16.3. The van der Waals surface area contributed by atoms with E-state index in [1.54, 1.807) is 37.3 Å². The molecule has 0 aromatic heterocycles. The maximum atomic E-state index is 12.1. The molecule has 10 heteroatoms. The van der Waals surface area contributed by atoms with Gasteiger partial charge < -0.3 is 15.2 Å². The Morgan fingerprint density at radius 2 is 1.81 bits per heavy atom. The summed E-state index contributed by atoms with van der Waals surface area (Å²) in [5, 5.41) is 9.05. The summed E-state index contributed by atoms with van der Waals surface area (Å²) in [5.41, 5.74) is 7.27. The molecule has 7 nitrogen and oxygen atoms in total. The lowest BCUT2D eigenvalue weighted by molar-refractivity contribution is -0.274. The fraction of sp³-hybridized carbons (Fsp3) is 0.143. The Labute approximate surface area is 175 Å². The van der Waals surface area contributed by atoms with Crippen LogP contribution in [0.4, 0.5) is 18.9 Å². The van der Waals surface area contributed by atoms with Crippen LogP contribution in [0.5, 0.6) is 5.75 Å². The van der Waals surface area contributed by atoms with E-state index >= 15 is 0 Å². The molecule has 0 saturated heterocycles. The molecular weight excluding hydrogens is 413 g/mol. The van der Waals surface area contributed by atoms with Gasteiger partial charge in [-0.05, 0) is 42.8 Å². The average molecular weight is 430 g/mol. The minimum Gasteiger partial charge on any atom is -0.462 e. The van der Waals surface area contributed by atoms with Crippen LogP contribution in [0.1, 0.15) is 18.1 Å². The number of aliphatic imine (C=N–C) groups is 2. The molecule has 0 radical (unpaired) electrons. The van der Waals surface area contributed by atoms with Crippen molar-refractivity contribution in [2.75, 3.05) is 6.61 Å². The van der Waals surface area contributed by atoms with Crippen LogP contribution in [0, 0.1) is 11.3 Å². The van der Waals surface area contributed by atoms with Crippen molar-refractivity contribution < 1.29 is 27.4 Å². The second kappa shape index (κ2) is 10.6. The first kappa shape index (κ1) is 23.2. The van der Waals surface area contributed by atoms with Crippen molar-refractivity contribution in [1.29, 1.82) is 5.26 Å². The minimum absolute atomic E-state index is 0.130. The molecule has 0 aliphatic rings. The number of rotatable bonds is 7. The van der Waals surface area contributed by atoms with Crippen LogP contribution in [-0.2, 0) is 9.53 Å². The molecule has 0 atom stereocenters. The number of alkyl halides is 3. The molecule has 0 amide bonds. The Bertz CT molecular complexity index is 1040. The lowest BCUT2D eigenvalue weighted by Gasteiger charge is -2.08. The van der Waals surface area contributed by atoms with Gasteiger partial charge in [-0.3, -0.25) is 0 Å². The third-order valence-corrected chi connectivity index (χ3v) is 3.61. The number of carbonyl (C=O) groups is 1. The highest BCUT2D eigenvalue weighted by atomic mass is 19.4. The zero-order valence-electron chi connectivity index (χ0n) is 16.3. The summed E-state index contributed by atoms with van der Waals surface area (Å²) in [6.07, 6.45) is -2.20. The highest BCUT2D eigenvalue weighted by molar-refractivity contribution is 6.02. The maximum absolute atomic E-state index is 12.1. The van der Waals surface area contributed by atoms with Crippen LogP contribution in [0.15, 0.2) is 64.1 Å². The Morgan fingerprint density at radius 1 is 1.16 bits per heavy atom. The lowest BCUT2D eigenvalue weighted by atomic mass is 10.1. The largest absolute Gasteiger partial charge is 0.573 e. The van der Waals surface area contributed by atoms with Gasteiger partial charge in [-0.1, -0.05) is 24.3 Å². The normalized spacial score (nSPS) is 12.5. The number of hydrogen-bond donors (Lipinski definition) is 1. The summed E-state index contributed by atoms with van der Waals surface area (Å²) in [4.78, 5) is 19.6. The number of nitrogens with two attached hydrogens (primary N) is 1. The van der Waals surface area contributed by atoms with E-state index in [2.05, 4.69) is 14.7 Å². The van der Waals surface area contributed by atoms with E-state index in [1.807, 2.05) is 0 Å². The van der Waals surface area contributed by atoms with Crippen LogP contribution in [-0.4, -0.2) is 31.1 Å². The first-order chi connectivity index (χ1) is 14.7. The average Bonchev–Trinajstić information content (AvgIpc) is 2.72. The molecule has 0 fully saturated rings. The topological polar surface area (TPSA) is 110 Å². The molecule has 160 valence electrons. The van der Waals surface area contributed by atoms with E-state index in [4.69, 9.17) is 15.7 Å². The SMILES string of the molecule is CCOC(=O)/C(C#N)=C/c1ccc(C(N)=NC=Nc2ccc(OC(F)(F)F)cc2)cc1. The molecule has 0 spiro atoms. The Morgan fingerprint density at radius 3 is 2.35 bits per heavy atom. The zero-order chi connectivity index (χ0) is 22.9. The fourth-order valence-corrected chi connectivity index (χ4v) is 2.23. The molecule has 2 aromatic rings. The van der Waals surface area contributed by atoms with Gasteiger partial charge in [0.05, 0.1) is 12.3 Å². The number of ether oxygens (including phenoxy) is 2. The molecule has 2 N–H and O–H groups in total. The molecule has 0 unspecified atom stereocenters. The van der Waals surface area contributed by atoms with Gasteiger partial charge >= 0.3 is 12.3 Å². The third kappa shape index (κ3) is 7.66. The van der Waals surface area contributed by atoms with E-state index in [1.165, 1.54) is 18.2 Å². The molecule has 2 rings (SSSR count). The summed E-state index contributed by atoms with van der Waals surface area (Å²) < 4.78 is 45.0. The van der Waals surface area contributed by atoms with E-state index < -0.39 is 12.3 Å². The summed E-state index contributed by atoms with van der Waals surface area (Å²) >= 11 is 0. The van der Waals surface area contributed by atoms with Gasteiger partial charge in [-0.15, -0.1) is 13.2 Å². The van der Waals surface area contributed by atoms with Crippen molar-refractivity contribution >= 4 is 29.9 Å². The first-order valence-electron chi connectivity index (χ1n) is 8.83. The number of amidine groups is 1. The third-order valence-electron chi connectivity index (χ3n) is 3.61. The van der Waals surface area contributed by atoms with E-state index in [0.717, 1.165) is 18.5 Å². The van der Waals surface area contributed by atoms with Crippen molar-refractivity contribution in [3.05, 3.63) is 65.2 Å². The first-order valence-corrected chi connectivity index (χ1v) is 8.83. The fourth-order valence-electron chi connectivity index (χ4n) is 2.23. The summed E-state index contributed by atoms with van der Waals surface area (Å²) in [6.45, 7) is 1.81. The van der Waals surface area contributed by atoms with Crippen molar-refractivity contribution in [2.45, 2.75) is 13.3 Å². The number of nitriles is 1. The van der Waals surface area contributed by atoms with Crippen molar-refractivity contribution in [2.24, 2.45) is 15.7 Å². The molecule has 31 heavy (non-hydrogen) atoms. The van der Waals surface area contributed by atoms with Crippen LogP contribution in [0.2, 0.25) is 0 Å². The molecule has 2 aromatic carbocycles. The predicted octanol–water partition coefficient (Wildman–Crippen LogP) is 4.12. The summed E-state index contributed by atoms with van der Waals surface area (Å²) in [5.74, 6) is -0.919. The minimum atomic E-state index is -4.76. The van der Waals surface area contributed by atoms with Crippen LogP contribution in [0.25, 0.3) is 6.08 Å². The van der Waals surface area contributed by atoms with Crippen LogP contribution < -0.4 is 10.5 Å². The lowest BCUT2D eigenvalue weighted by Crippen LogP contribution is -2.16. The van der Waals surface area contributed by atoms with Gasteiger partial charge in [0.15, 0.2) is 0 Å². The molecule has 0 heterocycles. The molecule has 0 saturated carbocycles. The number of esters is 1. The van der Waals surface area contributed by atoms with Crippen molar-refractivity contribution in [3.8, 4) is 11.8 Å². The van der Waals surface area contributed by atoms with Gasteiger partial charge in [-0.25, -0.2) is 14.8 Å². The second-order valence-corrected chi connectivity index (χ2v) is 5.81. The Balaban J connectivity index is 2.05. The monoisotopic (exact) mass is 430 g/mol.